The van der Waals surface area contributed by atoms with E-state index in [1.165, 1.54) is 34.4 Å². The first-order chi connectivity index (χ1) is 13.6. The molecule has 1 amide bonds. The molecule has 6 nitrogen and oxygen atoms in total. The number of carbonyl (C=O) groups excluding carboxylic acids is 1. The van der Waals surface area contributed by atoms with Crippen molar-refractivity contribution in [3.8, 4) is 5.69 Å². The number of hydrogen-bond donors (Lipinski definition) is 1. The maximum atomic E-state index is 12.3. The molecule has 2 aromatic carbocycles. The van der Waals surface area contributed by atoms with E-state index in [0.717, 1.165) is 10.4 Å². The minimum Gasteiger partial charge on any atom is -0.301 e. The molecule has 2 aromatic heterocycles. The standard InChI is InChI=1S/C18H12N4O2S4/c23-14(19-16-20-15(24)12-8-4-5-9-13(12)27-16)10-26-17-21-22(18(25)28-17)11-6-2-1-3-7-11/h1-9H,10H2,(H,19,20,23,24). The number of hydrogen-bond acceptors (Lipinski definition) is 8. The van der Waals surface area contributed by atoms with Crippen LogP contribution in [-0.4, -0.2) is 26.4 Å². The zero-order valence-electron chi connectivity index (χ0n) is 14.2. The predicted molar refractivity (Wildman–Crippen MR) is 118 cm³/mol. The summed E-state index contributed by atoms with van der Waals surface area (Å²) in [6, 6.07) is 16.8. The molecule has 0 bridgehead atoms. The first-order valence-electron chi connectivity index (χ1n) is 8.08. The van der Waals surface area contributed by atoms with E-state index in [1.54, 1.807) is 16.8 Å². The minimum atomic E-state index is -0.350. The van der Waals surface area contributed by atoms with Crippen LogP contribution in [0, 0.1) is 3.95 Å². The van der Waals surface area contributed by atoms with Gasteiger partial charge in [-0.1, -0.05) is 64.8 Å². The van der Waals surface area contributed by atoms with Gasteiger partial charge >= 0.3 is 0 Å². The van der Waals surface area contributed by atoms with E-state index in [-0.39, 0.29) is 22.4 Å². The van der Waals surface area contributed by atoms with Crippen LogP contribution in [0.15, 0.2) is 63.7 Å². The molecule has 28 heavy (non-hydrogen) atoms. The molecule has 2 heterocycles. The number of carbonyl (C=O) groups is 1. The highest BCUT2D eigenvalue weighted by molar-refractivity contribution is 8.01. The van der Waals surface area contributed by atoms with E-state index in [0.29, 0.717) is 13.7 Å². The predicted octanol–water partition coefficient (Wildman–Crippen LogP) is 4.36. The fraction of sp³-hybridized carbons (Fsp3) is 0.0556. The summed E-state index contributed by atoms with van der Waals surface area (Å²) < 4.78 is 3.77. The maximum absolute atomic E-state index is 12.3. The maximum Gasteiger partial charge on any atom is 0.281 e. The molecule has 0 fully saturated rings. The van der Waals surface area contributed by atoms with Crippen LogP contribution in [0.25, 0.3) is 15.8 Å². The molecule has 4 rings (SSSR count). The number of nitrogens with zero attached hydrogens (tertiary/aromatic N) is 3. The number of para-hydroxylation sites is 1. The van der Waals surface area contributed by atoms with E-state index in [9.17, 15) is 9.59 Å². The van der Waals surface area contributed by atoms with E-state index < -0.39 is 0 Å². The second kappa shape index (κ2) is 8.31. The number of benzene rings is 2. The van der Waals surface area contributed by atoms with Crippen molar-refractivity contribution < 1.29 is 4.79 Å². The van der Waals surface area contributed by atoms with Crippen LogP contribution < -0.4 is 10.9 Å². The molecule has 10 heteroatoms. The summed E-state index contributed by atoms with van der Waals surface area (Å²) in [7, 11) is 0. The van der Waals surface area contributed by atoms with E-state index in [4.69, 9.17) is 12.2 Å². The Morgan fingerprint density at radius 3 is 2.68 bits per heavy atom. The number of thioether (sulfide) groups is 1. The Morgan fingerprint density at radius 2 is 1.86 bits per heavy atom. The average molecular weight is 445 g/mol. The molecule has 1 N–H and O–H groups in total. The van der Waals surface area contributed by atoms with Gasteiger partial charge in [-0.25, -0.2) is 4.68 Å². The number of rotatable bonds is 5. The van der Waals surface area contributed by atoms with Gasteiger partial charge in [-0.05, 0) is 36.5 Å². The topological polar surface area (TPSA) is 76.9 Å². The van der Waals surface area contributed by atoms with Gasteiger partial charge in [-0.15, -0.1) is 5.10 Å². The summed E-state index contributed by atoms with van der Waals surface area (Å²) in [6.07, 6.45) is 0. The lowest BCUT2D eigenvalue weighted by atomic mass is 10.3. The van der Waals surface area contributed by atoms with Crippen molar-refractivity contribution in [1.29, 1.82) is 0 Å². The summed E-state index contributed by atoms with van der Waals surface area (Å²) >= 11 is 9.27. The number of anilines is 1. The molecule has 4 aromatic rings. The lowest BCUT2D eigenvalue weighted by Gasteiger charge is -2.03. The van der Waals surface area contributed by atoms with Crippen molar-refractivity contribution >= 4 is 67.8 Å². The van der Waals surface area contributed by atoms with Gasteiger partial charge in [0.1, 0.15) is 0 Å². The van der Waals surface area contributed by atoms with Crippen molar-refractivity contribution in [2.75, 3.05) is 11.1 Å². The molecular formula is C18H12N4O2S4. The lowest BCUT2D eigenvalue weighted by Crippen LogP contribution is -2.17. The number of nitrogens with one attached hydrogen (secondary N) is 1. The van der Waals surface area contributed by atoms with Gasteiger partial charge < -0.3 is 5.32 Å². The molecule has 0 saturated heterocycles. The molecule has 0 atom stereocenters. The number of amides is 1. The zero-order chi connectivity index (χ0) is 19.5. The normalized spacial score (nSPS) is 10.9. The van der Waals surface area contributed by atoms with E-state index in [1.807, 2.05) is 42.5 Å². The van der Waals surface area contributed by atoms with Crippen LogP contribution in [0.2, 0.25) is 0 Å². The van der Waals surface area contributed by atoms with Crippen molar-refractivity contribution in [3.63, 3.8) is 0 Å². The Bertz CT molecular complexity index is 1260. The van der Waals surface area contributed by atoms with E-state index in [2.05, 4.69) is 15.4 Å². The Hall–Kier alpha value is -2.40. The Morgan fingerprint density at radius 1 is 1.11 bits per heavy atom. The van der Waals surface area contributed by atoms with Crippen LogP contribution in [-0.2, 0) is 4.79 Å². The first kappa shape index (κ1) is 18.9. The third-order valence-corrected chi connectivity index (χ3v) is 6.96. The highest BCUT2D eigenvalue weighted by Crippen LogP contribution is 2.25. The summed E-state index contributed by atoms with van der Waals surface area (Å²) in [5, 5.41) is 7.99. The molecular weight excluding hydrogens is 432 g/mol. The van der Waals surface area contributed by atoms with Gasteiger partial charge in [-0.3, -0.25) is 9.59 Å². The molecule has 0 saturated carbocycles. The molecule has 140 valence electrons. The second-order valence-electron chi connectivity index (χ2n) is 5.54. The summed E-state index contributed by atoms with van der Waals surface area (Å²) in [5.41, 5.74) is 0.530. The Balaban J connectivity index is 1.44. The van der Waals surface area contributed by atoms with Crippen molar-refractivity contribution in [2.45, 2.75) is 4.34 Å². The Labute approximate surface area is 176 Å². The van der Waals surface area contributed by atoms with Crippen molar-refractivity contribution in [1.82, 2.24) is 14.8 Å². The van der Waals surface area contributed by atoms with Crippen LogP contribution in [0.1, 0.15) is 0 Å². The van der Waals surface area contributed by atoms with Gasteiger partial charge in [0.2, 0.25) is 5.91 Å². The molecule has 0 aliphatic carbocycles. The van der Waals surface area contributed by atoms with Crippen LogP contribution >= 0.6 is 46.7 Å². The Kier molecular flexibility index (Phi) is 5.62. The quantitative estimate of drug-likeness (QED) is 0.364. The van der Waals surface area contributed by atoms with Crippen molar-refractivity contribution in [2.24, 2.45) is 0 Å². The largest absolute Gasteiger partial charge is 0.301 e. The number of aromatic nitrogens is 3. The minimum absolute atomic E-state index is 0.145. The molecule has 0 unspecified atom stereocenters. The summed E-state index contributed by atoms with van der Waals surface area (Å²) in [4.78, 5) is 28.3. The lowest BCUT2D eigenvalue weighted by molar-refractivity contribution is -0.113. The smallest absolute Gasteiger partial charge is 0.281 e. The monoisotopic (exact) mass is 444 g/mol. The van der Waals surface area contributed by atoms with Crippen LogP contribution in [0.4, 0.5) is 5.13 Å². The van der Waals surface area contributed by atoms with Gasteiger partial charge in [0.15, 0.2) is 13.4 Å². The SMILES string of the molecule is O=C(CSc1nn(-c2ccccc2)c(=S)s1)Nc1nc(=O)c2ccccc2s1. The van der Waals surface area contributed by atoms with Gasteiger partial charge in [0.25, 0.3) is 5.56 Å². The summed E-state index contributed by atoms with van der Waals surface area (Å²) in [6.45, 7) is 0. The molecule has 0 spiro atoms. The highest BCUT2D eigenvalue weighted by atomic mass is 32.2. The second-order valence-corrected chi connectivity index (χ2v) is 9.41. The van der Waals surface area contributed by atoms with Gasteiger partial charge in [0.05, 0.1) is 16.8 Å². The van der Waals surface area contributed by atoms with Crippen LogP contribution in [0.3, 0.4) is 0 Å². The fourth-order valence-electron chi connectivity index (χ4n) is 2.40. The molecule has 0 aliphatic rings. The average Bonchev–Trinajstić information content (AvgIpc) is 3.08. The van der Waals surface area contributed by atoms with Crippen molar-refractivity contribution in [3.05, 3.63) is 68.9 Å². The highest BCUT2D eigenvalue weighted by Gasteiger charge is 2.11. The van der Waals surface area contributed by atoms with E-state index >= 15 is 0 Å². The van der Waals surface area contributed by atoms with Crippen LogP contribution in [0.5, 0.6) is 0 Å². The third kappa shape index (κ3) is 4.20. The third-order valence-electron chi connectivity index (χ3n) is 3.63. The van der Waals surface area contributed by atoms with Gasteiger partial charge in [0, 0.05) is 4.70 Å². The van der Waals surface area contributed by atoms with Gasteiger partial charge in [-0.2, -0.15) is 4.98 Å². The zero-order valence-corrected chi connectivity index (χ0v) is 17.5. The summed E-state index contributed by atoms with van der Waals surface area (Å²) in [5.74, 6) is -0.109. The fourth-order valence-corrected chi connectivity index (χ4v) is 5.47. The molecule has 0 radical (unpaired) electrons. The first-order valence-corrected chi connectivity index (χ1v) is 11.1. The number of fused-ring (bicyclic) bond motifs is 1. The molecule has 0 aliphatic heterocycles.